The summed E-state index contributed by atoms with van der Waals surface area (Å²) in [7, 11) is 3.07. The van der Waals surface area contributed by atoms with E-state index in [1.165, 1.54) is 7.11 Å². The molecule has 0 radical (unpaired) electrons. The third-order valence-electron chi connectivity index (χ3n) is 5.58. The smallest absolute Gasteiger partial charge is 0.373 e. The van der Waals surface area contributed by atoms with Crippen LogP contribution in [0.2, 0.25) is 0 Å². The number of rotatable bonds is 15. The summed E-state index contributed by atoms with van der Waals surface area (Å²) in [4.78, 5) is 26.3. The number of nitrogens with one attached hydrogen (secondary N) is 1. The highest BCUT2D eigenvalue weighted by molar-refractivity contribution is 5.93. The molecule has 0 aliphatic rings. The molecule has 0 unspecified atom stereocenters. The van der Waals surface area contributed by atoms with Gasteiger partial charge in [-0.1, -0.05) is 44.0 Å². The van der Waals surface area contributed by atoms with Gasteiger partial charge in [0.05, 0.1) is 20.3 Å². The zero-order chi connectivity index (χ0) is 27.0. The van der Waals surface area contributed by atoms with Crippen molar-refractivity contribution in [3.63, 3.8) is 0 Å². The molecule has 0 aliphatic carbocycles. The molecule has 2 aromatic rings. The van der Waals surface area contributed by atoms with Crippen molar-refractivity contribution in [3.8, 4) is 16.9 Å². The van der Waals surface area contributed by atoms with Crippen molar-refractivity contribution in [2.75, 3.05) is 52.0 Å². The van der Waals surface area contributed by atoms with Crippen LogP contribution >= 0.6 is 0 Å². The van der Waals surface area contributed by atoms with Crippen molar-refractivity contribution < 1.29 is 28.5 Å². The Bertz CT molecular complexity index is 1040. The lowest BCUT2D eigenvalue weighted by Gasteiger charge is -2.20. The summed E-state index contributed by atoms with van der Waals surface area (Å²) in [5.41, 5.74) is 3.23. The highest BCUT2D eigenvalue weighted by atomic mass is 16.6. The number of hydrogen-bond acceptors (Lipinski definition) is 6. The van der Waals surface area contributed by atoms with Gasteiger partial charge in [0.1, 0.15) is 12.4 Å². The van der Waals surface area contributed by atoms with Crippen molar-refractivity contribution in [2.45, 2.75) is 40.0 Å². The molecule has 1 N–H and O–H groups in total. The molecule has 0 aromatic heterocycles. The maximum Gasteiger partial charge on any atom is 0.373 e. The van der Waals surface area contributed by atoms with Gasteiger partial charge < -0.3 is 24.3 Å². The lowest BCUT2D eigenvalue weighted by Crippen LogP contribution is -2.37. The number of unbranched alkanes of at least 4 members (excludes halogenated alkanes) is 2. The van der Waals surface area contributed by atoms with Crippen LogP contribution in [0.5, 0.6) is 5.75 Å². The second-order valence-corrected chi connectivity index (χ2v) is 8.28. The molecule has 2 amide bonds. The molecule has 0 saturated carbocycles. The minimum atomic E-state index is -0.548. The van der Waals surface area contributed by atoms with E-state index in [1.54, 1.807) is 24.9 Å². The lowest BCUT2D eigenvalue weighted by atomic mass is 10.0. The zero-order valence-electron chi connectivity index (χ0n) is 22.7. The van der Waals surface area contributed by atoms with E-state index in [0.29, 0.717) is 38.7 Å². The molecule has 0 fully saturated rings. The number of hydrogen-bond donors (Lipinski definition) is 1. The summed E-state index contributed by atoms with van der Waals surface area (Å²) in [6.45, 7) is 8.27. The van der Waals surface area contributed by atoms with Crippen LogP contribution in [0.25, 0.3) is 17.2 Å². The van der Waals surface area contributed by atoms with Gasteiger partial charge in [-0.3, -0.25) is 4.90 Å². The summed E-state index contributed by atoms with van der Waals surface area (Å²) in [6.07, 6.45) is 4.78. The first-order valence-electron chi connectivity index (χ1n) is 12.8. The van der Waals surface area contributed by atoms with Gasteiger partial charge in [-0.2, -0.15) is 0 Å². The molecule has 0 bridgehead atoms. The van der Waals surface area contributed by atoms with Crippen LogP contribution in [0.15, 0.2) is 48.2 Å². The van der Waals surface area contributed by atoms with E-state index < -0.39 is 5.97 Å². The number of benzene rings is 2. The lowest BCUT2D eigenvalue weighted by molar-refractivity contribution is -0.139. The molecular weight excluding hydrogens is 472 g/mol. The Morgan fingerprint density at radius 2 is 1.81 bits per heavy atom. The Morgan fingerprint density at radius 3 is 2.51 bits per heavy atom. The second-order valence-electron chi connectivity index (χ2n) is 8.28. The van der Waals surface area contributed by atoms with Crippen molar-refractivity contribution in [1.29, 1.82) is 0 Å². The van der Waals surface area contributed by atoms with Crippen molar-refractivity contribution in [2.24, 2.45) is 0 Å². The zero-order valence-corrected chi connectivity index (χ0v) is 22.7. The minimum absolute atomic E-state index is 0.117. The molecule has 2 rings (SSSR count). The van der Waals surface area contributed by atoms with Gasteiger partial charge in [-0.05, 0) is 55.7 Å². The van der Waals surface area contributed by atoms with Gasteiger partial charge in [0.25, 0.3) is 0 Å². The molecule has 0 atom stereocenters. The van der Waals surface area contributed by atoms with Crippen LogP contribution < -0.4 is 15.0 Å². The molecule has 8 nitrogen and oxygen atoms in total. The van der Waals surface area contributed by atoms with E-state index in [2.05, 4.69) is 12.2 Å². The summed E-state index contributed by atoms with van der Waals surface area (Å²) in [5.74, 6) is 0.193. The fraction of sp³-hybridized carbons (Fsp3) is 0.448. The highest BCUT2D eigenvalue weighted by Crippen LogP contribution is 2.34. The number of anilines is 1. The van der Waals surface area contributed by atoms with Gasteiger partial charge in [-0.25, -0.2) is 9.59 Å². The van der Waals surface area contributed by atoms with Gasteiger partial charge in [-0.15, -0.1) is 0 Å². The Kier molecular flexibility index (Phi) is 13.1. The SMILES string of the molecule is CCCCCNC(=O)N(C)c1cccc(-c2ccc(C=C(OCC)C(=O)OC)cc2OCCOCC)c1. The Balaban J connectivity index is 2.36. The molecule has 0 saturated heterocycles. The summed E-state index contributed by atoms with van der Waals surface area (Å²) in [6, 6.07) is 13.2. The fourth-order valence-electron chi connectivity index (χ4n) is 3.60. The Labute approximate surface area is 220 Å². The van der Waals surface area contributed by atoms with E-state index in [1.807, 2.05) is 49.4 Å². The van der Waals surface area contributed by atoms with Crippen LogP contribution in [0, 0.1) is 0 Å². The largest absolute Gasteiger partial charge is 0.491 e. The third-order valence-corrected chi connectivity index (χ3v) is 5.58. The van der Waals surface area contributed by atoms with Crippen molar-refractivity contribution >= 4 is 23.8 Å². The quantitative estimate of drug-likeness (QED) is 0.144. The third kappa shape index (κ3) is 9.46. The maximum absolute atomic E-state index is 12.6. The summed E-state index contributed by atoms with van der Waals surface area (Å²) in [5, 5.41) is 2.97. The van der Waals surface area contributed by atoms with Gasteiger partial charge in [0.15, 0.2) is 0 Å². The van der Waals surface area contributed by atoms with Gasteiger partial charge in [0, 0.05) is 31.5 Å². The number of carbonyl (C=O) groups excluding carboxylic acids is 2. The van der Waals surface area contributed by atoms with Crippen LogP contribution in [-0.4, -0.2) is 59.1 Å². The first-order valence-corrected chi connectivity index (χ1v) is 12.8. The molecule has 8 heteroatoms. The van der Waals surface area contributed by atoms with Crippen molar-refractivity contribution in [1.82, 2.24) is 5.32 Å². The molecule has 37 heavy (non-hydrogen) atoms. The van der Waals surface area contributed by atoms with Crippen LogP contribution in [0.1, 0.15) is 45.6 Å². The standard InChI is InChI=1S/C29H40N2O6/c1-6-9-10-16-30-29(33)31(4)24-13-11-12-23(21-24)25-15-14-22(19-26(25)37-18-17-35-7-2)20-27(36-8-3)28(32)34-5/h11-15,19-21H,6-10,16-18H2,1-5H3,(H,30,33). The first-order chi connectivity index (χ1) is 17.9. The van der Waals surface area contributed by atoms with E-state index in [4.69, 9.17) is 18.9 Å². The van der Waals surface area contributed by atoms with Gasteiger partial charge in [0.2, 0.25) is 5.76 Å². The normalized spacial score (nSPS) is 11.1. The molecule has 0 aliphatic heterocycles. The predicted octanol–water partition coefficient (Wildman–Crippen LogP) is 5.66. The molecule has 0 heterocycles. The Hall–Kier alpha value is -3.52. The van der Waals surface area contributed by atoms with Gasteiger partial charge >= 0.3 is 12.0 Å². The summed E-state index contributed by atoms with van der Waals surface area (Å²) < 4.78 is 21.8. The number of methoxy groups -OCH3 is 1. The maximum atomic E-state index is 12.6. The predicted molar refractivity (Wildman–Crippen MR) is 147 cm³/mol. The van der Waals surface area contributed by atoms with E-state index in [0.717, 1.165) is 41.6 Å². The molecular formula is C29H40N2O6. The summed E-state index contributed by atoms with van der Waals surface area (Å²) >= 11 is 0. The van der Waals surface area contributed by atoms with E-state index >= 15 is 0 Å². The van der Waals surface area contributed by atoms with E-state index in [-0.39, 0.29) is 11.8 Å². The average molecular weight is 513 g/mol. The second kappa shape index (κ2) is 16.3. The number of urea groups is 1. The van der Waals surface area contributed by atoms with Crippen LogP contribution in [0.4, 0.5) is 10.5 Å². The molecule has 2 aromatic carbocycles. The number of nitrogens with zero attached hydrogens (tertiary/aromatic N) is 1. The molecule has 0 spiro atoms. The minimum Gasteiger partial charge on any atom is -0.491 e. The average Bonchev–Trinajstić information content (AvgIpc) is 2.92. The highest BCUT2D eigenvalue weighted by Gasteiger charge is 2.15. The van der Waals surface area contributed by atoms with Crippen molar-refractivity contribution in [3.05, 3.63) is 53.8 Å². The van der Waals surface area contributed by atoms with Crippen LogP contribution in [0.3, 0.4) is 0 Å². The number of esters is 1. The molecule has 202 valence electrons. The number of carbonyl (C=O) groups is 2. The fourth-order valence-corrected chi connectivity index (χ4v) is 3.60. The first kappa shape index (κ1) is 29.7. The number of amides is 2. The van der Waals surface area contributed by atoms with Crippen LogP contribution in [-0.2, 0) is 19.0 Å². The topological polar surface area (TPSA) is 86.3 Å². The van der Waals surface area contributed by atoms with E-state index in [9.17, 15) is 9.59 Å². The monoisotopic (exact) mass is 512 g/mol. The number of ether oxygens (including phenoxy) is 4. The Morgan fingerprint density at radius 1 is 1.00 bits per heavy atom.